The molecule has 128 valence electrons. The lowest BCUT2D eigenvalue weighted by Gasteiger charge is -2.30. The predicted octanol–water partition coefficient (Wildman–Crippen LogP) is 7.03. The number of hydrogen-bond acceptors (Lipinski definition) is 0. The van der Waals surface area contributed by atoms with Crippen LogP contribution in [-0.2, 0) is 6.42 Å². The van der Waals surface area contributed by atoms with Gasteiger partial charge in [0.25, 0.3) is 0 Å². The lowest BCUT2D eigenvalue weighted by atomic mass is 10.0. The lowest BCUT2D eigenvalue weighted by Crippen LogP contribution is -2.30. The second-order valence-corrected chi connectivity index (χ2v) is 19.1. The molecule has 0 aliphatic heterocycles. The first kappa shape index (κ1) is 20.2. The van der Waals surface area contributed by atoms with Gasteiger partial charge < -0.3 is 0 Å². The van der Waals surface area contributed by atoms with E-state index in [0.29, 0.717) is 0 Å². The van der Waals surface area contributed by atoms with Crippen molar-refractivity contribution >= 4 is 16.1 Å². The van der Waals surface area contributed by atoms with Crippen LogP contribution in [-0.4, -0.2) is 16.1 Å². The summed E-state index contributed by atoms with van der Waals surface area (Å²) in [7, 11) is -2.58. The molecule has 0 nitrogen and oxygen atoms in total. The number of benzene rings is 1. The van der Waals surface area contributed by atoms with E-state index in [1.54, 1.807) is 21.5 Å². The van der Waals surface area contributed by atoms with Gasteiger partial charge in [0.1, 0.15) is 0 Å². The van der Waals surface area contributed by atoms with Gasteiger partial charge in [0, 0.05) is 0 Å². The van der Waals surface area contributed by atoms with E-state index in [1.165, 1.54) is 12.0 Å². The Labute approximate surface area is 146 Å². The van der Waals surface area contributed by atoms with E-state index in [0.717, 1.165) is 6.42 Å². The van der Waals surface area contributed by atoms with Crippen molar-refractivity contribution in [2.24, 2.45) is 0 Å². The first-order chi connectivity index (χ1) is 10.4. The molecule has 0 fully saturated rings. The molecule has 0 N–H and O–H groups in total. The second-order valence-electron chi connectivity index (χ2n) is 8.89. The van der Waals surface area contributed by atoms with Gasteiger partial charge in [-0.2, -0.15) is 0 Å². The number of aryl methyl sites for hydroxylation is 1. The Morgan fingerprint density at radius 2 is 1.30 bits per heavy atom. The highest BCUT2D eigenvalue weighted by atomic mass is 28.3. The lowest BCUT2D eigenvalue weighted by molar-refractivity contribution is 0.932. The van der Waals surface area contributed by atoms with Gasteiger partial charge in [0.15, 0.2) is 0 Å². The van der Waals surface area contributed by atoms with E-state index in [9.17, 15) is 0 Å². The third kappa shape index (κ3) is 5.93. The third-order valence-electron chi connectivity index (χ3n) is 4.87. The molecule has 1 aromatic carbocycles. The summed E-state index contributed by atoms with van der Waals surface area (Å²) in [5.41, 5.74) is 4.67. The highest BCUT2D eigenvalue weighted by Gasteiger charge is 2.27. The standard InChI is InChI=1S/C21H36Si2/c1-17(15-16-20-13-11-10-12-14-20)21(23(7,8)9)18(2)19(3)22(4,5)6/h10-14H,15-16H2,1-9H3/b19-18-,21-17+. The molecule has 0 saturated heterocycles. The molecule has 0 saturated carbocycles. The van der Waals surface area contributed by atoms with E-state index < -0.39 is 16.1 Å². The first-order valence-electron chi connectivity index (χ1n) is 8.87. The van der Waals surface area contributed by atoms with Crippen LogP contribution in [0.4, 0.5) is 0 Å². The van der Waals surface area contributed by atoms with E-state index in [4.69, 9.17) is 0 Å². The minimum atomic E-state index is -1.35. The van der Waals surface area contributed by atoms with Crippen molar-refractivity contribution in [3.8, 4) is 0 Å². The fourth-order valence-corrected chi connectivity index (χ4v) is 7.47. The molecule has 1 aromatic rings. The van der Waals surface area contributed by atoms with Crippen molar-refractivity contribution in [2.75, 3.05) is 0 Å². The fourth-order valence-electron chi connectivity index (χ4n) is 3.37. The Morgan fingerprint density at radius 3 is 1.74 bits per heavy atom. The van der Waals surface area contributed by atoms with Crippen LogP contribution >= 0.6 is 0 Å². The van der Waals surface area contributed by atoms with Crippen LogP contribution in [0.3, 0.4) is 0 Å². The Hall–Kier alpha value is -0.866. The van der Waals surface area contributed by atoms with Crippen molar-refractivity contribution in [1.82, 2.24) is 0 Å². The number of allylic oxidation sites excluding steroid dienone is 4. The zero-order chi connectivity index (χ0) is 17.8. The van der Waals surface area contributed by atoms with Crippen molar-refractivity contribution in [3.63, 3.8) is 0 Å². The van der Waals surface area contributed by atoms with Crippen LogP contribution in [0, 0.1) is 0 Å². The summed E-state index contributed by atoms with van der Waals surface area (Å²) >= 11 is 0. The van der Waals surface area contributed by atoms with Crippen molar-refractivity contribution in [1.29, 1.82) is 0 Å². The van der Waals surface area contributed by atoms with Gasteiger partial charge in [-0.15, -0.1) is 0 Å². The summed E-state index contributed by atoms with van der Waals surface area (Å²) in [6.07, 6.45) is 2.33. The van der Waals surface area contributed by atoms with Gasteiger partial charge >= 0.3 is 0 Å². The minimum absolute atomic E-state index is 1.15. The molecule has 0 amide bonds. The van der Waals surface area contributed by atoms with Crippen LogP contribution in [0.25, 0.3) is 0 Å². The monoisotopic (exact) mass is 344 g/mol. The predicted molar refractivity (Wildman–Crippen MR) is 113 cm³/mol. The van der Waals surface area contributed by atoms with Crippen LogP contribution in [0.15, 0.2) is 51.9 Å². The molecule has 0 aromatic heterocycles. The van der Waals surface area contributed by atoms with Gasteiger partial charge in [-0.25, -0.2) is 0 Å². The molecule has 0 unspecified atom stereocenters. The summed E-state index contributed by atoms with van der Waals surface area (Å²) in [5.74, 6) is 0. The van der Waals surface area contributed by atoms with Gasteiger partial charge in [-0.1, -0.05) is 91.2 Å². The summed E-state index contributed by atoms with van der Waals surface area (Å²) in [6, 6.07) is 10.9. The molecule has 0 heterocycles. The molecule has 0 bridgehead atoms. The van der Waals surface area contributed by atoms with Crippen LogP contribution < -0.4 is 0 Å². The minimum Gasteiger partial charge on any atom is -0.0813 e. The largest absolute Gasteiger partial charge is 0.0813 e. The number of rotatable bonds is 6. The molecule has 0 aliphatic carbocycles. The van der Waals surface area contributed by atoms with Gasteiger partial charge in [0.2, 0.25) is 0 Å². The van der Waals surface area contributed by atoms with E-state index in [2.05, 4.69) is 90.4 Å². The highest BCUT2D eigenvalue weighted by molar-refractivity contribution is 6.86. The summed E-state index contributed by atoms with van der Waals surface area (Å²) < 4.78 is 0. The Morgan fingerprint density at radius 1 is 0.783 bits per heavy atom. The molecule has 0 radical (unpaired) electrons. The zero-order valence-corrected chi connectivity index (χ0v) is 18.8. The number of hydrogen-bond donors (Lipinski definition) is 0. The topological polar surface area (TPSA) is 0 Å². The van der Waals surface area contributed by atoms with Gasteiger partial charge in [0.05, 0.1) is 16.1 Å². The second kappa shape index (κ2) is 7.80. The van der Waals surface area contributed by atoms with Crippen LogP contribution in [0.5, 0.6) is 0 Å². The van der Waals surface area contributed by atoms with E-state index >= 15 is 0 Å². The maximum atomic E-state index is 2.50. The summed E-state index contributed by atoms with van der Waals surface area (Å²) in [5, 5.41) is 3.39. The average Bonchev–Trinajstić information content (AvgIpc) is 2.43. The summed E-state index contributed by atoms with van der Waals surface area (Å²) in [6.45, 7) is 22.0. The molecule has 0 atom stereocenters. The molecular weight excluding hydrogens is 308 g/mol. The maximum Gasteiger partial charge on any atom is 0.0778 e. The quantitative estimate of drug-likeness (QED) is 0.384. The van der Waals surface area contributed by atoms with Crippen molar-refractivity contribution < 1.29 is 0 Å². The zero-order valence-electron chi connectivity index (χ0n) is 16.8. The molecule has 0 spiro atoms. The van der Waals surface area contributed by atoms with E-state index in [1.807, 2.05) is 0 Å². The highest BCUT2D eigenvalue weighted by Crippen LogP contribution is 2.32. The first-order valence-corrected chi connectivity index (χ1v) is 15.9. The SMILES string of the molecule is CC(=C(\C)[Si](C)(C)C)/C(=C(/C)CCc1ccccc1)[Si](C)(C)C. The molecule has 2 heteroatoms. The smallest absolute Gasteiger partial charge is 0.0778 e. The Kier molecular flexibility index (Phi) is 6.85. The fraction of sp³-hybridized carbons (Fsp3) is 0.524. The van der Waals surface area contributed by atoms with Crippen molar-refractivity contribution in [3.05, 3.63) is 57.4 Å². The molecule has 1 rings (SSSR count). The van der Waals surface area contributed by atoms with Crippen LogP contribution in [0.2, 0.25) is 39.3 Å². The van der Waals surface area contributed by atoms with Gasteiger partial charge in [-0.05, 0) is 39.2 Å². The summed E-state index contributed by atoms with van der Waals surface area (Å²) in [4.78, 5) is 0. The van der Waals surface area contributed by atoms with E-state index in [-0.39, 0.29) is 0 Å². The maximum absolute atomic E-state index is 2.50. The van der Waals surface area contributed by atoms with Crippen LogP contribution in [0.1, 0.15) is 32.8 Å². The van der Waals surface area contributed by atoms with Gasteiger partial charge in [-0.3, -0.25) is 0 Å². The average molecular weight is 345 g/mol. The Bertz CT molecular complexity index is 579. The Balaban J connectivity index is 3.20. The molecule has 0 aliphatic rings. The molecular formula is C21H36Si2. The van der Waals surface area contributed by atoms with Crippen molar-refractivity contribution in [2.45, 2.75) is 72.9 Å². The molecule has 23 heavy (non-hydrogen) atoms. The normalized spacial score (nSPS) is 15.2. The third-order valence-corrected chi connectivity index (χ3v) is 9.80.